The standard InChI is InChI=1S/C18H16N4O3/c1-20-16(23)14(17(24)21(2)18(20)25)10-12-11-22(9-5-8-19)15-7-4-3-6-13(12)15/h3-4,6-7,10-11H,5,9H2,1-2H3. The number of rotatable bonds is 3. The van der Waals surface area contributed by atoms with Crippen molar-refractivity contribution in [2.45, 2.75) is 13.0 Å². The number of barbiturate groups is 1. The molecule has 3 rings (SSSR count). The number of carbonyl (C=O) groups excluding carboxylic acids is 3. The number of hydrogen-bond donors (Lipinski definition) is 0. The molecule has 0 spiro atoms. The number of carbonyl (C=O) groups is 3. The fourth-order valence-electron chi connectivity index (χ4n) is 2.88. The van der Waals surface area contributed by atoms with E-state index in [0.29, 0.717) is 18.5 Å². The number of urea groups is 1. The number of aromatic nitrogens is 1. The molecule has 1 aromatic carbocycles. The zero-order valence-electron chi connectivity index (χ0n) is 13.9. The van der Waals surface area contributed by atoms with Crippen LogP contribution in [0.4, 0.5) is 4.79 Å². The number of imide groups is 2. The van der Waals surface area contributed by atoms with Gasteiger partial charge in [0.2, 0.25) is 0 Å². The summed E-state index contributed by atoms with van der Waals surface area (Å²) in [6, 6.07) is 9.02. The van der Waals surface area contributed by atoms with Gasteiger partial charge in [0.05, 0.1) is 12.5 Å². The van der Waals surface area contributed by atoms with Crippen molar-refractivity contribution in [3.63, 3.8) is 0 Å². The van der Waals surface area contributed by atoms with E-state index < -0.39 is 17.8 Å². The van der Waals surface area contributed by atoms with Gasteiger partial charge in [0.1, 0.15) is 5.57 Å². The van der Waals surface area contributed by atoms with Crippen LogP contribution in [0, 0.1) is 11.3 Å². The molecule has 1 saturated heterocycles. The summed E-state index contributed by atoms with van der Waals surface area (Å²) in [5, 5.41) is 9.68. The molecule has 0 bridgehead atoms. The monoisotopic (exact) mass is 336 g/mol. The molecule has 4 amide bonds. The zero-order chi connectivity index (χ0) is 18.1. The van der Waals surface area contributed by atoms with E-state index in [1.165, 1.54) is 20.2 Å². The Morgan fingerprint density at radius 2 is 1.72 bits per heavy atom. The van der Waals surface area contributed by atoms with E-state index in [0.717, 1.165) is 20.7 Å². The maximum absolute atomic E-state index is 12.4. The van der Waals surface area contributed by atoms with Crippen molar-refractivity contribution in [1.82, 2.24) is 14.4 Å². The van der Waals surface area contributed by atoms with Crippen LogP contribution in [0.2, 0.25) is 0 Å². The minimum absolute atomic E-state index is 0.0622. The highest BCUT2D eigenvalue weighted by molar-refractivity contribution is 6.31. The molecule has 1 fully saturated rings. The second-order valence-corrected chi connectivity index (χ2v) is 5.77. The van der Waals surface area contributed by atoms with Gasteiger partial charge < -0.3 is 4.57 Å². The molecule has 7 nitrogen and oxygen atoms in total. The minimum atomic E-state index is -0.649. The topological polar surface area (TPSA) is 86.4 Å². The minimum Gasteiger partial charge on any atom is -0.346 e. The summed E-state index contributed by atoms with van der Waals surface area (Å²) >= 11 is 0. The molecule has 0 saturated carbocycles. The molecule has 126 valence electrons. The van der Waals surface area contributed by atoms with Crippen LogP contribution in [0.1, 0.15) is 12.0 Å². The Bertz CT molecular complexity index is 938. The zero-order valence-corrected chi connectivity index (χ0v) is 13.9. The van der Waals surface area contributed by atoms with E-state index in [2.05, 4.69) is 6.07 Å². The molecule has 0 atom stereocenters. The van der Waals surface area contributed by atoms with Crippen molar-refractivity contribution in [3.8, 4) is 6.07 Å². The Balaban J connectivity index is 2.12. The molecule has 0 aliphatic carbocycles. The molecule has 0 N–H and O–H groups in total. The lowest BCUT2D eigenvalue weighted by Crippen LogP contribution is -2.52. The van der Waals surface area contributed by atoms with Gasteiger partial charge in [-0.1, -0.05) is 18.2 Å². The quantitative estimate of drug-likeness (QED) is 0.633. The molecule has 1 aliphatic heterocycles. The van der Waals surface area contributed by atoms with Gasteiger partial charge in [-0.2, -0.15) is 5.26 Å². The van der Waals surface area contributed by atoms with Crippen LogP contribution >= 0.6 is 0 Å². The van der Waals surface area contributed by atoms with E-state index in [1.54, 1.807) is 0 Å². The lowest BCUT2D eigenvalue weighted by atomic mass is 10.1. The Morgan fingerprint density at radius 1 is 1.08 bits per heavy atom. The molecule has 1 aromatic heterocycles. The van der Waals surface area contributed by atoms with Crippen LogP contribution in [0.5, 0.6) is 0 Å². The van der Waals surface area contributed by atoms with Gasteiger partial charge in [-0.15, -0.1) is 0 Å². The fraction of sp³-hybridized carbons (Fsp3) is 0.222. The first kappa shape index (κ1) is 16.5. The first-order valence-corrected chi connectivity index (χ1v) is 7.72. The Morgan fingerprint density at radius 3 is 2.36 bits per heavy atom. The number of aryl methyl sites for hydroxylation is 1. The van der Waals surface area contributed by atoms with E-state index >= 15 is 0 Å². The molecule has 0 unspecified atom stereocenters. The number of para-hydroxylation sites is 1. The largest absolute Gasteiger partial charge is 0.346 e. The lowest BCUT2D eigenvalue weighted by molar-refractivity contribution is -0.134. The summed E-state index contributed by atoms with van der Waals surface area (Å²) < 4.78 is 1.92. The summed E-state index contributed by atoms with van der Waals surface area (Å²) in [5.74, 6) is -1.25. The van der Waals surface area contributed by atoms with Crippen LogP contribution < -0.4 is 0 Å². The third-order valence-electron chi connectivity index (χ3n) is 4.23. The fourth-order valence-corrected chi connectivity index (χ4v) is 2.88. The second kappa shape index (κ2) is 6.24. The number of nitriles is 1. The first-order chi connectivity index (χ1) is 12.0. The van der Waals surface area contributed by atoms with Gasteiger partial charge >= 0.3 is 6.03 Å². The van der Waals surface area contributed by atoms with Crippen molar-refractivity contribution < 1.29 is 14.4 Å². The lowest BCUT2D eigenvalue weighted by Gasteiger charge is -2.28. The number of nitrogens with zero attached hydrogens (tertiary/aromatic N) is 4. The maximum atomic E-state index is 12.4. The summed E-state index contributed by atoms with van der Waals surface area (Å²) in [4.78, 5) is 38.4. The SMILES string of the molecule is CN1C(=O)C(=Cc2cn(CCC#N)c3ccccc23)C(=O)N(C)C1=O. The molecule has 2 aromatic rings. The average molecular weight is 336 g/mol. The molecule has 25 heavy (non-hydrogen) atoms. The van der Waals surface area contributed by atoms with E-state index in [9.17, 15) is 14.4 Å². The average Bonchev–Trinajstić information content (AvgIpc) is 2.98. The van der Waals surface area contributed by atoms with Crippen molar-refractivity contribution in [2.75, 3.05) is 14.1 Å². The molecule has 0 radical (unpaired) electrons. The van der Waals surface area contributed by atoms with E-state index in [1.807, 2.05) is 35.0 Å². The van der Waals surface area contributed by atoms with Gasteiger partial charge in [0, 0.05) is 43.3 Å². The number of hydrogen-bond acceptors (Lipinski definition) is 4. The molecule has 2 heterocycles. The third-order valence-corrected chi connectivity index (χ3v) is 4.23. The smallest absolute Gasteiger partial charge is 0.333 e. The second-order valence-electron chi connectivity index (χ2n) is 5.77. The van der Waals surface area contributed by atoms with Gasteiger partial charge in [-0.05, 0) is 12.1 Å². The van der Waals surface area contributed by atoms with Gasteiger partial charge in [0.15, 0.2) is 0 Å². The predicted molar refractivity (Wildman–Crippen MR) is 91.1 cm³/mol. The Hall–Kier alpha value is -3.40. The van der Waals surface area contributed by atoms with Crippen molar-refractivity contribution in [1.29, 1.82) is 5.26 Å². The molecule has 7 heteroatoms. The third kappa shape index (κ3) is 2.68. The Labute approximate surface area is 144 Å². The number of likely N-dealkylation sites (N-methyl/N-ethyl adjacent to an activating group) is 2. The van der Waals surface area contributed by atoms with E-state index in [4.69, 9.17) is 5.26 Å². The van der Waals surface area contributed by atoms with Crippen molar-refractivity contribution in [2.24, 2.45) is 0 Å². The summed E-state index contributed by atoms with van der Waals surface area (Å²) in [7, 11) is 2.69. The van der Waals surface area contributed by atoms with Crippen molar-refractivity contribution >= 4 is 34.8 Å². The number of amides is 4. The molecule has 1 aliphatic rings. The highest BCUT2D eigenvalue weighted by atomic mass is 16.2. The van der Waals surface area contributed by atoms with Crippen LogP contribution in [0.15, 0.2) is 36.0 Å². The van der Waals surface area contributed by atoms with Gasteiger partial charge in [-0.3, -0.25) is 19.4 Å². The van der Waals surface area contributed by atoms with Crippen LogP contribution in [-0.2, 0) is 16.1 Å². The van der Waals surface area contributed by atoms with E-state index in [-0.39, 0.29) is 5.57 Å². The highest BCUT2D eigenvalue weighted by Crippen LogP contribution is 2.26. The summed E-state index contributed by atoms with van der Waals surface area (Å²) in [5.41, 5.74) is 1.55. The molecular weight excluding hydrogens is 320 g/mol. The predicted octanol–water partition coefficient (Wildman–Crippen LogP) is 1.99. The summed E-state index contributed by atoms with van der Waals surface area (Å²) in [6.45, 7) is 0.514. The highest BCUT2D eigenvalue weighted by Gasteiger charge is 2.37. The maximum Gasteiger partial charge on any atom is 0.333 e. The van der Waals surface area contributed by atoms with Gasteiger partial charge in [-0.25, -0.2) is 4.79 Å². The van der Waals surface area contributed by atoms with Crippen LogP contribution in [0.3, 0.4) is 0 Å². The normalized spacial score (nSPS) is 15.1. The molecular formula is C18H16N4O3. The Kier molecular flexibility index (Phi) is 4.11. The van der Waals surface area contributed by atoms with Gasteiger partial charge in [0.25, 0.3) is 11.8 Å². The number of benzene rings is 1. The summed E-state index contributed by atoms with van der Waals surface area (Å²) in [6.07, 6.45) is 3.67. The van der Waals surface area contributed by atoms with Crippen LogP contribution in [0.25, 0.3) is 17.0 Å². The van der Waals surface area contributed by atoms with Crippen LogP contribution in [-0.4, -0.2) is 46.3 Å². The van der Waals surface area contributed by atoms with Crippen molar-refractivity contribution in [3.05, 3.63) is 41.6 Å². The number of fused-ring (bicyclic) bond motifs is 1. The first-order valence-electron chi connectivity index (χ1n) is 7.72.